The maximum atomic E-state index is 15.3. The van der Waals surface area contributed by atoms with E-state index in [4.69, 9.17) is 0 Å². The van der Waals surface area contributed by atoms with Gasteiger partial charge < -0.3 is 10.0 Å². The molecule has 0 unspecified atom stereocenters. The first-order valence-corrected chi connectivity index (χ1v) is 9.33. The molecule has 2 aliphatic rings. The third-order valence-electron chi connectivity index (χ3n) is 5.92. The molecule has 1 saturated heterocycles. The smallest absolute Gasteiger partial charge is 0.115 e. The van der Waals surface area contributed by atoms with E-state index in [0.29, 0.717) is 36.8 Å². The van der Waals surface area contributed by atoms with E-state index in [-0.39, 0.29) is 0 Å². The number of likely N-dealkylation sites (tertiary alicyclic amines) is 1. The van der Waals surface area contributed by atoms with Crippen molar-refractivity contribution in [2.24, 2.45) is 11.8 Å². The number of phenols is 1. The fourth-order valence-corrected chi connectivity index (χ4v) is 4.76. The number of nitrogens with zero attached hydrogens (tertiary/aromatic N) is 1. The van der Waals surface area contributed by atoms with Crippen molar-refractivity contribution in [1.82, 2.24) is 4.90 Å². The van der Waals surface area contributed by atoms with Gasteiger partial charge >= 0.3 is 0 Å². The van der Waals surface area contributed by atoms with Crippen molar-refractivity contribution >= 4 is 0 Å². The monoisotopic (exact) mass is 339 g/mol. The molecule has 2 fully saturated rings. The van der Waals surface area contributed by atoms with Crippen LogP contribution in [0.5, 0.6) is 5.75 Å². The molecule has 3 atom stereocenters. The summed E-state index contributed by atoms with van der Waals surface area (Å²) in [5.74, 6) is 1.33. The molecule has 132 valence electrons. The van der Waals surface area contributed by atoms with Gasteiger partial charge in [0, 0.05) is 26.1 Å². The minimum absolute atomic E-state index is 0.317. The summed E-state index contributed by atoms with van der Waals surface area (Å²) in [6, 6.07) is 17.5. The maximum Gasteiger partial charge on any atom is 0.115 e. The molecule has 1 N–H and O–H groups in total. The first-order chi connectivity index (χ1) is 12.1. The average molecular weight is 339 g/mol. The van der Waals surface area contributed by atoms with Gasteiger partial charge in [-0.25, -0.2) is 4.39 Å². The molecule has 2 nitrogen and oxygen atoms in total. The van der Waals surface area contributed by atoms with Gasteiger partial charge in [-0.05, 0) is 54.4 Å². The van der Waals surface area contributed by atoms with Crippen molar-refractivity contribution in [2.45, 2.75) is 31.4 Å². The Balaban J connectivity index is 1.29. The zero-order chi connectivity index (χ0) is 17.3. The van der Waals surface area contributed by atoms with Gasteiger partial charge in [0.2, 0.25) is 0 Å². The second kappa shape index (κ2) is 6.80. The Kier molecular flexibility index (Phi) is 4.51. The van der Waals surface area contributed by atoms with Crippen LogP contribution in [0.4, 0.5) is 4.39 Å². The predicted molar refractivity (Wildman–Crippen MR) is 98.4 cm³/mol. The first-order valence-electron chi connectivity index (χ1n) is 9.33. The molecule has 0 bridgehead atoms. The molecule has 0 radical (unpaired) electrons. The first kappa shape index (κ1) is 16.6. The number of halogens is 1. The SMILES string of the molecule is Oc1ccc(CCN2C[C@@H]3C[C@@](F)(Cc4ccccc4)C[C@@H]3C2)cc1. The van der Waals surface area contributed by atoms with Crippen molar-refractivity contribution in [1.29, 1.82) is 0 Å². The number of phenolic OH excluding ortho intramolecular Hbond substituents is 1. The van der Waals surface area contributed by atoms with Crippen LogP contribution in [0, 0.1) is 11.8 Å². The fourth-order valence-electron chi connectivity index (χ4n) is 4.76. The molecular weight excluding hydrogens is 313 g/mol. The quantitative estimate of drug-likeness (QED) is 0.881. The standard InChI is InChI=1S/C22H26FNO/c23-22(12-18-4-2-1-3-5-18)13-19-15-24(16-20(19)14-22)11-10-17-6-8-21(25)9-7-17/h1-9,19-20,25H,10-16H2/t19-,20+,22-. The highest BCUT2D eigenvalue weighted by Crippen LogP contribution is 2.47. The lowest BCUT2D eigenvalue weighted by Crippen LogP contribution is -2.29. The Hall–Kier alpha value is -1.87. The molecule has 1 aliphatic carbocycles. The van der Waals surface area contributed by atoms with E-state index in [1.807, 2.05) is 42.5 Å². The van der Waals surface area contributed by atoms with Gasteiger partial charge in [-0.1, -0.05) is 42.5 Å². The number of alkyl halides is 1. The Morgan fingerprint density at radius 2 is 1.56 bits per heavy atom. The molecule has 0 amide bonds. The van der Waals surface area contributed by atoms with Crippen LogP contribution in [0.3, 0.4) is 0 Å². The second-order valence-electron chi connectivity index (χ2n) is 7.92. The van der Waals surface area contributed by atoms with E-state index in [1.165, 1.54) is 5.56 Å². The van der Waals surface area contributed by atoms with Crippen molar-refractivity contribution in [3.05, 3.63) is 65.7 Å². The zero-order valence-electron chi connectivity index (χ0n) is 14.6. The molecule has 0 aromatic heterocycles. The van der Waals surface area contributed by atoms with Crippen LogP contribution >= 0.6 is 0 Å². The second-order valence-corrected chi connectivity index (χ2v) is 7.92. The largest absolute Gasteiger partial charge is 0.508 e. The summed E-state index contributed by atoms with van der Waals surface area (Å²) >= 11 is 0. The van der Waals surface area contributed by atoms with E-state index < -0.39 is 5.67 Å². The van der Waals surface area contributed by atoms with Gasteiger partial charge in [-0.2, -0.15) is 0 Å². The van der Waals surface area contributed by atoms with Crippen LogP contribution in [0.25, 0.3) is 0 Å². The van der Waals surface area contributed by atoms with Gasteiger partial charge in [0.15, 0.2) is 0 Å². The lowest BCUT2D eigenvalue weighted by molar-refractivity contribution is 0.147. The van der Waals surface area contributed by atoms with Crippen LogP contribution in [0.2, 0.25) is 0 Å². The maximum absolute atomic E-state index is 15.3. The molecule has 3 heteroatoms. The van der Waals surface area contributed by atoms with E-state index in [1.54, 1.807) is 12.1 Å². The highest BCUT2D eigenvalue weighted by atomic mass is 19.1. The summed E-state index contributed by atoms with van der Waals surface area (Å²) < 4.78 is 15.3. The van der Waals surface area contributed by atoms with Crippen LogP contribution in [0.15, 0.2) is 54.6 Å². The van der Waals surface area contributed by atoms with E-state index in [0.717, 1.165) is 31.6 Å². The fraction of sp³-hybridized carbons (Fsp3) is 0.455. The molecule has 1 saturated carbocycles. The van der Waals surface area contributed by atoms with Gasteiger partial charge in [-0.15, -0.1) is 0 Å². The summed E-state index contributed by atoms with van der Waals surface area (Å²) in [5, 5.41) is 9.35. The van der Waals surface area contributed by atoms with Gasteiger partial charge in [0.1, 0.15) is 11.4 Å². The molecule has 1 heterocycles. The van der Waals surface area contributed by atoms with Crippen LogP contribution in [-0.4, -0.2) is 35.3 Å². The number of rotatable bonds is 5. The van der Waals surface area contributed by atoms with Gasteiger partial charge in [-0.3, -0.25) is 0 Å². The van der Waals surface area contributed by atoms with Gasteiger partial charge in [0.25, 0.3) is 0 Å². The Bertz CT molecular complexity index is 686. The average Bonchev–Trinajstić information content (AvgIpc) is 3.09. The van der Waals surface area contributed by atoms with Crippen molar-refractivity contribution < 1.29 is 9.50 Å². The zero-order valence-corrected chi connectivity index (χ0v) is 14.6. The summed E-state index contributed by atoms with van der Waals surface area (Å²) in [5.41, 5.74) is 1.35. The number of hydrogen-bond donors (Lipinski definition) is 1. The molecule has 0 spiro atoms. The molecule has 2 aromatic rings. The van der Waals surface area contributed by atoms with E-state index in [9.17, 15) is 5.11 Å². The lowest BCUT2D eigenvalue weighted by Gasteiger charge is -2.24. The summed E-state index contributed by atoms with van der Waals surface area (Å²) in [7, 11) is 0. The highest BCUT2D eigenvalue weighted by molar-refractivity contribution is 5.26. The normalized spacial score (nSPS) is 29.0. The third kappa shape index (κ3) is 3.87. The molecule has 25 heavy (non-hydrogen) atoms. The predicted octanol–water partition coefficient (Wildman–Crippen LogP) is 4.23. The number of fused-ring (bicyclic) bond motifs is 1. The van der Waals surface area contributed by atoms with E-state index in [2.05, 4.69) is 4.90 Å². The Labute approximate surface area is 149 Å². The number of aromatic hydroxyl groups is 1. The van der Waals surface area contributed by atoms with Crippen LogP contribution in [0.1, 0.15) is 24.0 Å². The Morgan fingerprint density at radius 3 is 2.20 bits per heavy atom. The van der Waals surface area contributed by atoms with Crippen LogP contribution < -0.4 is 0 Å². The third-order valence-corrected chi connectivity index (χ3v) is 5.92. The van der Waals surface area contributed by atoms with Gasteiger partial charge in [0.05, 0.1) is 0 Å². The van der Waals surface area contributed by atoms with E-state index >= 15 is 4.39 Å². The minimum atomic E-state index is -1.01. The molecule has 4 rings (SSSR count). The summed E-state index contributed by atoms with van der Waals surface area (Å²) in [6.45, 7) is 3.09. The van der Waals surface area contributed by atoms with Crippen molar-refractivity contribution in [2.75, 3.05) is 19.6 Å². The number of hydrogen-bond acceptors (Lipinski definition) is 2. The Morgan fingerprint density at radius 1 is 0.920 bits per heavy atom. The summed E-state index contributed by atoms with van der Waals surface area (Å²) in [4.78, 5) is 2.49. The lowest BCUT2D eigenvalue weighted by atomic mass is 9.93. The van der Waals surface area contributed by atoms with Crippen molar-refractivity contribution in [3.63, 3.8) is 0 Å². The molecule has 1 aliphatic heterocycles. The topological polar surface area (TPSA) is 23.5 Å². The molecule has 2 aromatic carbocycles. The molecular formula is C22H26FNO. The number of benzene rings is 2. The summed E-state index contributed by atoms with van der Waals surface area (Å²) in [6.07, 6.45) is 2.98. The van der Waals surface area contributed by atoms with Crippen molar-refractivity contribution in [3.8, 4) is 5.75 Å². The highest BCUT2D eigenvalue weighted by Gasteiger charge is 2.49. The minimum Gasteiger partial charge on any atom is -0.508 e. The van der Waals surface area contributed by atoms with Crippen LogP contribution in [-0.2, 0) is 12.8 Å².